The summed E-state index contributed by atoms with van der Waals surface area (Å²) in [7, 11) is 0. The largest absolute Gasteiger partial charge is 0.299 e. The van der Waals surface area contributed by atoms with Crippen LogP contribution in [0, 0.1) is 5.92 Å². The summed E-state index contributed by atoms with van der Waals surface area (Å²) >= 11 is 1.80. The number of Topliss-reactive ketones (excluding diaryl/α,β-unsaturated/α-hetero) is 2. The van der Waals surface area contributed by atoms with Crippen molar-refractivity contribution in [3.05, 3.63) is 0 Å². The van der Waals surface area contributed by atoms with Crippen LogP contribution in [0.25, 0.3) is 0 Å². The van der Waals surface area contributed by atoms with Crippen LogP contribution in [0.2, 0.25) is 0 Å². The van der Waals surface area contributed by atoms with Gasteiger partial charge in [-0.2, -0.15) is 11.8 Å². The minimum atomic E-state index is 0.134. The van der Waals surface area contributed by atoms with Crippen LogP contribution in [0.4, 0.5) is 0 Å². The molecule has 0 spiro atoms. The summed E-state index contributed by atoms with van der Waals surface area (Å²) in [5.74, 6) is 0.584. The molecule has 0 aromatic rings. The summed E-state index contributed by atoms with van der Waals surface area (Å²) < 4.78 is 0. The number of thioether (sulfide) groups is 1. The zero-order chi connectivity index (χ0) is 9.84. The van der Waals surface area contributed by atoms with E-state index in [9.17, 15) is 9.59 Å². The van der Waals surface area contributed by atoms with Crippen LogP contribution in [0.5, 0.6) is 0 Å². The van der Waals surface area contributed by atoms with Gasteiger partial charge in [0, 0.05) is 18.1 Å². The Balaban J connectivity index is 2.41. The summed E-state index contributed by atoms with van der Waals surface area (Å²) in [6, 6.07) is 0. The van der Waals surface area contributed by atoms with Crippen molar-refractivity contribution in [2.75, 3.05) is 6.26 Å². The molecule has 0 heterocycles. The van der Waals surface area contributed by atoms with Gasteiger partial charge in [0.05, 0.1) is 6.42 Å². The van der Waals surface area contributed by atoms with Crippen LogP contribution < -0.4 is 0 Å². The van der Waals surface area contributed by atoms with E-state index in [0.29, 0.717) is 24.0 Å². The standard InChI is InChI=1S/C10H16O2S/c1-7(13-2)3-8-4-9(11)6-10(12)5-8/h7-8H,3-6H2,1-2H3. The summed E-state index contributed by atoms with van der Waals surface area (Å²) in [5.41, 5.74) is 0. The molecular weight excluding hydrogens is 184 g/mol. The molecule has 0 amide bonds. The fourth-order valence-corrected chi connectivity index (χ4v) is 2.28. The van der Waals surface area contributed by atoms with Gasteiger partial charge in [-0.1, -0.05) is 6.92 Å². The second-order valence-electron chi connectivity index (χ2n) is 3.81. The number of carbonyl (C=O) groups excluding carboxylic acids is 2. The quantitative estimate of drug-likeness (QED) is 0.654. The van der Waals surface area contributed by atoms with Gasteiger partial charge < -0.3 is 0 Å². The molecule has 0 aromatic heterocycles. The molecular formula is C10H16O2S. The van der Waals surface area contributed by atoms with Gasteiger partial charge in [-0.05, 0) is 18.6 Å². The van der Waals surface area contributed by atoms with Gasteiger partial charge in [0.1, 0.15) is 11.6 Å². The lowest BCUT2D eigenvalue weighted by Gasteiger charge is -2.22. The Labute approximate surface area is 83.5 Å². The molecule has 0 aromatic carbocycles. The first kappa shape index (κ1) is 10.8. The molecule has 1 aliphatic carbocycles. The van der Waals surface area contributed by atoms with Crippen LogP contribution in [0.15, 0.2) is 0 Å². The van der Waals surface area contributed by atoms with Crippen molar-refractivity contribution in [3.63, 3.8) is 0 Å². The number of hydrogen-bond acceptors (Lipinski definition) is 3. The molecule has 1 saturated carbocycles. The van der Waals surface area contributed by atoms with Crippen molar-refractivity contribution in [2.24, 2.45) is 5.92 Å². The molecule has 3 heteroatoms. The third-order valence-corrected chi connectivity index (χ3v) is 3.49. The highest BCUT2D eigenvalue weighted by Crippen LogP contribution is 2.26. The van der Waals surface area contributed by atoms with E-state index in [1.807, 2.05) is 0 Å². The lowest BCUT2D eigenvalue weighted by atomic mass is 9.84. The Kier molecular flexibility index (Phi) is 3.97. The molecule has 1 atom stereocenters. The minimum absolute atomic E-state index is 0.134. The van der Waals surface area contributed by atoms with Crippen molar-refractivity contribution < 1.29 is 9.59 Å². The summed E-state index contributed by atoms with van der Waals surface area (Å²) in [6.45, 7) is 2.15. The molecule has 0 aliphatic heterocycles. The van der Waals surface area contributed by atoms with Crippen molar-refractivity contribution in [2.45, 2.75) is 37.9 Å². The molecule has 2 nitrogen and oxygen atoms in total. The molecule has 0 saturated heterocycles. The van der Waals surface area contributed by atoms with E-state index in [4.69, 9.17) is 0 Å². The Morgan fingerprint density at radius 2 is 1.92 bits per heavy atom. The van der Waals surface area contributed by atoms with E-state index in [2.05, 4.69) is 13.2 Å². The Bertz CT molecular complexity index is 197. The monoisotopic (exact) mass is 200 g/mol. The minimum Gasteiger partial charge on any atom is -0.299 e. The van der Waals surface area contributed by atoms with Gasteiger partial charge in [-0.15, -0.1) is 0 Å². The van der Waals surface area contributed by atoms with Gasteiger partial charge >= 0.3 is 0 Å². The number of ketones is 2. The first-order valence-electron chi connectivity index (χ1n) is 4.68. The fraction of sp³-hybridized carbons (Fsp3) is 0.800. The van der Waals surface area contributed by atoms with Crippen molar-refractivity contribution in [3.8, 4) is 0 Å². The highest BCUT2D eigenvalue weighted by Gasteiger charge is 2.26. The maximum absolute atomic E-state index is 11.1. The van der Waals surface area contributed by atoms with Gasteiger partial charge in [0.25, 0.3) is 0 Å². The maximum Gasteiger partial charge on any atom is 0.140 e. The average molecular weight is 200 g/mol. The molecule has 0 radical (unpaired) electrons. The van der Waals surface area contributed by atoms with Gasteiger partial charge in [0.15, 0.2) is 0 Å². The van der Waals surface area contributed by atoms with E-state index in [-0.39, 0.29) is 18.0 Å². The second kappa shape index (κ2) is 4.80. The molecule has 74 valence electrons. The highest BCUT2D eigenvalue weighted by atomic mass is 32.2. The van der Waals surface area contributed by atoms with E-state index >= 15 is 0 Å². The van der Waals surface area contributed by atoms with Crippen molar-refractivity contribution in [1.29, 1.82) is 0 Å². The topological polar surface area (TPSA) is 34.1 Å². The Morgan fingerprint density at radius 3 is 2.38 bits per heavy atom. The Hall–Kier alpha value is -0.310. The lowest BCUT2D eigenvalue weighted by molar-refractivity contribution is -0.131. The van der Waals surface area contributed by atoms with E-state index < -0.39 is 0 Å². The fourth-order valence-electron chi connectivity index (χ4n) is 1.81. The van der Waals surface area contributed by atoms with Crippen LogP contribution in [-0.4, -0.2) is 23.1 Å². The lowest BCUT2D eigenvalue weighted by Crippen LogP contribution is -2.24. The van der Waals surface area contributed by atoms with Crippen molar-refractivity contribution >= 4 is 23.3 Å². The molecule has 1 unspecified atom stereocenters. The Morgan fingerprint density at radius 1 is 1.38 bits per heavy atom. The van der Waals surface area contributed by atoms with Crippen molar-refractivity contribution in [1.82, 2.24) is 0 Å². The highest BCUT2D eigenvalue weighted by molar-refractivity contribution is 7.99. The normalized spacial score (nSPS) is 22.0. The first-order valence-corrected chi connectivity index (χ1v) is 5.96. The molecule has 0 bridgehead atoms. The maximum atomic E-state index is 11.1. The third kappa shape index (κ3) is 3.51. The molecule has 1 aliphatic rings. The predicted octanol–water partition coefficient (Wildman–Crippen LogP) is 2.07. The summed E-state index contributed by atoms with van der Waals surface area (Å²) in [5, 5.41) is 0.559. The SMILES string of the molecule is CSC(C)CC1CC(=O)CC(=O)C1. The number of rotatable bonds is 3. The zero-order valence-corrected chi connectivity index (χ0v) is 9.02. The van der Waals surface area contributed by atoms with Gasteiger partial charge in [-0.25, -0.2) is 0 Å². The van der Waals surface area contributed by atoms with Crippen LogP contribution in [0.3, 0.4) is 0 Å². The molecule has 1 rings (SSSR count). The number of carbonyl (C=O) groups is 2. The van der Waals surface area contributed by atoms with E-state index in [1.165, 1.54) is 0 Å². The zero-order valence-electron chi connectivity index (χ0n) is 8.21. The number of hydrogen-bond donors (Lipinski definition) is 0. The molecule has 0 N–H and O–H groups in total. The second-order valence-corrected chi connectivity index (χ2v) is 5.09. The smallest absolute Gasteiger partial charge is 0.140 e. The van der Waals surface area contributed by atoms with Crippen LogP contribution in [-0.2, 0) is 9.59 Å². The predicted molar refractivity (Wildman–Crippen MR) is 54.9 cm³/mol. The third-order valence-electron chi connectivity index (χ3n) is 2.49. The first-order chi connectivity index (χ1) is 6.11. The van der Waals surface area contributed by atoms with Crippen LogP contribution >= 0.6 is 11.8 Å². The van der Waals surface area contributed by atoms with Crippen LogP contribution in [0.1, 0.15) is 32.6 Å². The average Bonchev–Trinajstić information content (AvgIpc) is 2.02. The molecule has 13 heavy (non-hydrogen) atoms. The van der Waals surface area contributed by atoms with E-state index in [1.54, 1.807) is 11.8 Å². The van der Waals surface area contributed by atoms with Gasteiger partial charge in [0.2, 0.25) is 0 Å². The molecule has 1 fully saturated rings. The van der Waals surface area contributed by atoms with Gasteiger partial charge in [-0.3, -0.25) is 9.59 Å². The summed E-state index contributed by atoms with van der Waals surface area (Å²) in [4.78, 5) is 22.3. The van der Waals surface area contributed by atoms with E-state index in [0.717, 1.165) is 6.42 Å². The summed E-state index contributed by atoms with van der Waals surface area (Å²) in [6.07, 6.45) is 4.49.